The highest BCUT2D eigenvalue weighted by atomic mass is 16.1. The van der Waals surface area contributed by atoms with Gasteiger partial charge in [0.15, 0.2) is 0 Å². The lowest BCUT2D eigenvalue weighted by molar-refractivity contribution is -0.114. The summed E-state index contributed by atoms with van der Waals surface area (Å²) in [6.07, 6.45) is 2.55. The van der Waals surface area contributed by atoms with Crippen molar-refractivity contribution in [3.8, 4) is 0 Å². The van der Waals surface area contributed by atoms with Crippen molar-refractivity contribution in [1.29, 1.82) is 0 Å². The topological polar surface area (TPSA) is 69.1 Å². The van der Waals surface area contributed by atoms with Gasteiger partial charge in [-0.15, -0.1) is 0 Å². The third-order valence-corrected chi connectivity index (χ3v) is 1.20. The third-order valence-electron chi connectivity index (χ3n) is 1.20. The molecule has 0 aromatic rings. The normalized spacial score (nSPS) is 14.9. The molecule has 0 aromatic heterocycles. The number of carbonyl (C=O) groups excluding carboxylic acids is 1. The zero-order valence-corrected chi connectivity index (χ0v) is 6.42. The lowest BCUT2D eigenvalue weighted by Crippen LogP contribution is -2.28. The molecule has 0 heterocycles. The first-order valence-corrected chi connectivity index (χ1v) is 3.35. The van der Waals surface area contributed by atoms with Crippen LogP contribution in [0.1, 0.15) is 20.3 Å². The van der Waals surface area contributed by atoms with Gasteiger partial charge in [0.25, 0.3) is 0 Å². The molecule has 0 rings (SSSR count). The Balaban J connectivity index is 4.27. The van der Waals surface area contributed by atoms with Gasteiger partial charge < -0.3 is 11.5 Å². The monoisotopic (exact) mass is 142 g/mol. The summed E-state index contributed by atoms with van der Waals surface area (Å²) in [4.78, 5) is 10.6. The van der Waals surface area contributed by atoms with E-state index in [-0.39, 0.29) is 6.04 Å². The van der Waals surface area contributed by atoms with Crippen LogP contribution in [0.4, 0.5) is 0 Å². The molecule has 0 saturated carbocycles. The molecule has 0 aromatic carbocycles. The van der Waals surface area contributed by atoms with Crippen LogP contribution in [0.2, 0.25) is 0 Å². The van der Waals surface area contributed by atoms with E-state index in [2.05, 4.69) is 0 Å². The fourth-order valence-corrected chi connectivity index (χ4v) is 0.731. The van der Waals surface area contributed by atoms with E-state index in [4.69, 9.17) is 11.5 Å². The maximum Gasteiger partial charge on any atom is 0.245 e. The van der Waals surface area contributed by atoms with Crippen LogP contribution in [-0.4, -0.2) is 11.9 Å². The average molecular weight is 142 g/mol. The summed E-state index contributed by atoms with van der Waals surface area (Å²) in [5, 5.41) is 0. The van der Waals surface area contributed by atoms with Gasteiger partial charge in [-0.25, -0.2) is 0 Å². The van der Waals surface area contributed by atoms with E-state index >= 15 is 0 Å². The molecule has 0 aliphatic heterocycles. The number of amides is 1. The van der Waals surface area contributed by atoms with Gasteiger partial charge in [-0.2, -0.15) is 0 Å². The van der Waals surface area contributed by atoms with E-state index in [9.17, 15) is 4.79 Å². The van der Waals surface area contributed by atoms with Crippen molar-refractivity contribution < 1.29 is 4.79 Å². The second-order valence-corrected chi connectivity index (χ2v) is 2.22. The quantitative estimate of drug-likeness (QED) is 0.551. The van der Waals surface area contributed by atoms with Crippen molar-refractivity contribution >= 4 is 5.91 Å². The highest BCUT2D eigenvalue weighted by molar-refractivity contribution is 5.92. The Bertz CT molecular complexity index is 150. The van der Waals surface area contributed by atoms with Gasteiger partial charge in [-0.05, 0) is 13.3 Å². The number of nitrogens with two attached hydrogens (primary N) is 2. The molecule has 0 unspecified atom stereocenters. The number of carbonyl (C=O) groups is 1. The molecule has 0 fully saturated rings. The van der Waals surface area contributed by atoms with Crippen LogP contribution >= 0.6 is 0 Å². The van der Waals surface area contributed by atoms with Crippen LogP contribution < -0.4 is 11.5 Å². The summed E-state index contributed by atoms with van der Waals surface area (Å²) >= 11 is 0. The predicted molar refractivity (Wildman–Crippen MR) is 41.2 cm³/mol. The lowest BCUT2D eigenvalue weighted by atomic mass is 10.1. The fraction of sp³-hybridized carbons (Fsp3) is 0.571. The van der Waals surface area contributed by atoms with E-state index in [0.29, 0.717) is 5.57 Å². The van der Waals surface area contributed by atoms with Crippen molar-refractivity contribution in [2.24, 2.45) is 11.5 Å². The first-order chi connectivity index (χ1) is 4.59. The van der Waals surface area contributed by atoms with Gasteiger partial charge in [0.1, 0.15) is 0 Å². The molecule has 0 radical (unpaired) electrons. The Morgan fingerprint density at radius 1 is 1.70 bits per heavy atom. The Kier molecular flexibility index (Phi) is 3.72. The SMILES string of the molecule is CC/C=C(/C(N)=O)[C@H](C)N. The van der Waals surface area contributed by atoms with Crippen molar-refractivity contribution in [2.45, 2.75) is 26.3 Å². The van der Waals surface area contributed by atoms with Crippen LogP contribution in [0.3, 0.4) is 0 Å². The van der Waals surface area contributed by atoms with E-state index in [0.717, 1.165) is 6.42 Å². The molecule has 4 N–H and O–H groups in total. The molecule has 3 nitrogen and oxygen atoms in total. The Morgan fingerprint density at radius 2 is 2.20 bits per heavy atom. The van der Waals surface area contributed by atoms with Gasteiger partial charge in [0.2, 0.25) is 5.91 Å². The van der Waals surface area contributed by atoms with Gasteiger partial charge in [0.05, 0.1) is 0 Å². The molecule has 3 heteroatoms. The molecule has 0 bridgehead atoms. The number of primary amides is 1. The molecule has 10 heavy (non-hydrogen) atoms. The summed E-state index contributed by atoms with van der Waals surface area (Å²) in [6, 6.07) is -0.252. The van der Waals surface area contributed by atoms with E-state index in [1.165, 1.54) is 0 Å². The van der Waals surface area contributed by atoms with E-state index < -0.39 is 5.91 Å². The van der Waals surface area contributed by atoms with E-state index in [1.54, 1.807) is 13.0 Å². The maximum atomic E-state index is 10.6. The van der Waals surface area contributed by atoms with Crippen LogP contribution in [-0.2, 0) is 4.79 Å². The minimum Gasteiger partial charge on any atom is -0.366 e. The maximum absolute atomic E-state index is 10.6. The highest BCUT2D eigenvalue weighted by Gasteiger charge is 2.07. The highest BCUT2D eigenvalue weighted by Crippen LogP contribution is 1.99. The van der Waals surface area contributed by atoms with Gasteiger partial charge in [-0.3, -0.25) is 4.79 Å². The fourth-order valence-electron chi connectivity index (χ4n) is 0.731. The predicted octanol–water partition coefficient (Wildman–Crippen LogP) is 0.155. The summed E-state index contributed by atoms with van der Waals surface area (Å²) in [7, 11) is 0. The number of hydrogen-bond acceptors (Lipinski definition) is 2. The van der Waals surface area contributed by atoms with Crippen LogP contribution in [0.15, 0.2) is 11.6 Å². The molecule has 58 valence electrons. The molecule has 1 atom stereocenters. The van der Waals surface area contributed by atoms with Crippen LogP contribution in [0.25, 0.3) is 0 Å². The van der Waals surface area contributed by atoms with Crippen molar-refractivity contribution in [3.63, 3.8) is 0 Å². The smallest absolute Gasteiger partial charge is 0.245 e. The molecular formula is C7H14N2O. The second-order valence-electron chi connectivity index (χ2n) is 2.22. The Hall–Kier alpha value is -0.830. The molecular weight excluding hydrogens is 128 g/mol. The minimum absolute atomic E-state index is 0.252. The minimum atomic E-state index is -0.420. The van der Waals surface area contributed by atoms with E-state index in [1.807, 2.05) is 6.92 Å². The summed E-state index contributed by atoms with van der Waals surface area (Å²) < 4.78 is 0. The van der Waals surface area contributed by atoms with Crippen LogP contribution in [0.5, 0.6) is 0 Å². The zero-order valence-electron chi connectivity index (χ0n) is 6.42. The molecule has 0 aliphatic rings. The van der Waals surface area contributed by atoms with Crippen molar-refractivity contribution in [3.05, 3.63) is 11.6 Å². The molecule has 0 spiro atoms. The molecule has 1 amide bonds. The summed E-state index contributed by atoms with van der Waals surface area (Å²) in [5.41, 5.74) is 11.0. The number of rotatable bonds is 3. The second kappa shape index (κ2) is 4.06. The van der Waals surface area contributed by atoms with Gasteiger partial charge in [-0.1, -0.05) is 13.0 Å². The molecule has 0 saturated heterocycles. The first-order valence-electron chi connectivity index (χ1n) is 3.35. The number of hydrogen-bond donors (Lipinski definition) is 2. The van der Waals surface area contributed by atoms with Gasteiger partial charge >= 0.3 is 0 Å². The van der Waals surface area contributed by atoms with Gasteiger partial charge in [0, 0.05) is 11.6 Å². The average Bonchev–Trinajstić information content (AvgIpc) is 1.81. The summed E-state index contributed by atoms with van der Waals surface area (Å²) in [6.45, 7) is 3.68. The Morgan fingerprint density at radius 3 is 2.30 bits per heavy atom. The number of allylic oxidation sites excluding steroid dienone is 1. The lowest BCUT2D eigenvalue weighted by Gasteiger charge is -2.05. The van der Waals surface area contributed by atoms with Crippen molar-refractivity contribution in [1.82, 2.24) is 0 Å². The summed E-state index contributed by atoms with van der Waals surface area (Å²) in [5.74, 6) is -0.420. The molecule has 0 aliphatic carbocycles. The van der Waals surface area contributed by atoms with Crippen molar-refractivity contribution in [2.75, 3.05) is 0 Å². The zero-order chi connectivity index (χ0) is 8.15. The largest absolute Gasteiger partial charge is 0.366 e. The first kappa shape index (κ1) is 9.17. The standard InChI is InChI=1S/C7H14N2O/c1-3-4-6(5(2)8)7(9)10/h4-5H,3,8H2,1-2H3,(H2,9,10)/b6-4+/t5-/m0/s1. The Labute approximate surface area is 61.1 Å². The van der Waals surface area contributed by atoms with Crippen LogP contribution in [0, 0.1) is 0 Å². The third kappa shape index (κ3) is 2.64.